The number of alkyl halides is 1. The molecule has 2 heterocycles. The van der Waals surface area contributed by atoms with Crippen LogP contribution in [0.1, 0.15) is 23.7 Å². The summed E-state index contributed by atoms with van der Waals surface area (Å²) in [4.78, 5) is 17.8. The predicted octanol–water partition coefficient (Wildman–Crippen LogP) is 2.59. The van der Waals surface area contributed by atoms with Crippen LogP contribution in [0.3, 0.4) is 0 Å². The lowest BCUT2D eigenvalue weighted by Gasteiger charge is -2.34. The highest BCUT2D eigenvalue weighted by atomic mass is 79.9. The van der Waals surface area contributed by atoms with Crippen molar-refractivity contribution in [2.75, 3.05) is 18.1 Å². The number of anilines is 1. The van der Waals surface area contributed by atoms with Crippen molar-refractivity contribution < 1.29 is 14.3 Å². The third kappa shape index (κ3) is 3.21. The molecule has 2 aromatic rings. The van der Waals surface area contributed by atoms with E-state index in [4.69, 9.17) is 0 Å². The van der Waals surface area contributed by atoms with E-state index in [2.05, 4.69) is 30.9 Å². The van der Waals surface area contributed by atoms with Gasteiger partial charge in [0, 0.05) is 16.7 Å². The lowest BCUT2D eigenvalue weighted by Crippen LogP contribution is -2.34. The number of halogens is 2. The van der Waals surface area contributed by atoms with Crippen molar-refractivity contribution in [1.29, 1.82) is 0 Å². The molecule has 0 aliphatic carbocycles. The van der Waals surface area contributed by atoms with Gasteiger partial charge in [0.1, 0.15) is 18.8 Å². The third-order valence-electron chi connectivity index (χ3n) is 4.02. The van der Waals surface area contributed by atoms with Gasteiger partial charge in [-0.1, -0.05) is 15.9 Å². The second kappa shape index (κ2) is 6.66. The van der Waals surface area contributed by atoms with Gasteiger partial charge in [0.05, 0.1) is 19.0 Å². The third-order valence-corrected chi connectivity index (χ3v) is 4.51. The zero-order valence-corrected chi connectivity index (χ0v) is 13.9. The molecule has 122 valence electrons. The van der Waals surface area contributed by atoms with Crippen LogP contribution in [0.2, 0.25) is 0 Å². The predicted molar refractivity (Wildman–Crippen MR) is 86.2 cm³/mol. The Bertz CT molecular complexity index is 721. The molecule has 1 N–H and O–H groups in total. The van der Waals surface area contributed by atoms with E-state index in [1.165, 1.54) is 6.33 Å². The van der Waals surface area contributed by atoms with Crippen molar-refractivity contribution in [3.8, 4) is 0 Å². The van der Waals surface area contributed by atoms with Crippen LogP contribution >= 0.6 is 15.9 Å². The number of hydrogen-bond donors (Lipinski definition) is 1. The van der Waals surface area contributed by atoms with Crippen LogP contribution in [0.25, 0.3) is 0 Å². The molecule has 1 atom stereocenters. The van der Waals surface area contributed by atoms with E-state index in [-0.39, 0.29) is 6.54 Å². The number of aromatic nitrogens is 3. The fraction of sp³-hybridized carbons (Fsp3) is 0.400. The van der Waals surface area contributed by atoms with E-state index in [1.54, 1.807) is 4.68 Å². The Labute approximate surface area is 141 Å². The minimum absolute atomic E-state index is 0.175. The Morgan fingerprint density at radius 2 is 2.30 bits per heavy atom. The summed E-state index contributed by atoms with van der Waals surface area (Å²) >= 11 is 3.40. The van der Waals surface area contributed by atoms with Gasteiger partial charge in [-0.25, -0.2) is 14.1 Å². The summed E-state index contributed by atoms with van der Waals surface area (Å²) in [7, 11) is 0. The Kier molecular flexibility index (Phi) is 4.61. The molecular formula is C15H16BrFN4O2. The number of carbonyl (C=O) groups is 1. The highest BCUT2D eigenvalue weighted by Gasteiger charge is 2.30. The van der Waals surface area contributed by atoms with Crippen LogP contribution < -0.4 is 4.90 Å². The number of carboxylic acids is 1. The number of hydrogen-bond acceptors (Lipinski definition) is 4. The SMILES string of the molecule is O=C(O)C1CCN(Cc2ncnn2CCF)c2ccc(Br)cc21. The molecule has 1 unspecified atom stereocenters. The van der Waals surface area contributed by atoms with Crippen LogP contribution in [0.5, 0.6) is 0 Å². The molecule has 1 aliphatic heterocycles. The number of carboxylic acid groups (broad SMARTS) is 1. The number of aliphatic carboxylic acids is 1. The molecule has 6 nitrogen and oxygen atoms in total. The quantitative estimate of drug-likeness (QED) is 0.860. The van der Waals surface area contributed by atoms with Crippen molar-refractivity contribution in [3.05, 3.63) is 40.4 Å². The molecule has 3 rings (SSSR count). The number of rotatable bonds is 5. The van der Waals surface area contributed by atoms with E-state index in [1.807, 2.05) is 18.2 Å². The Balaban J connectivity index is 1.91. The van der Waals surface area contributed by atoms with Crippen molar-refractivity contribution in [2.45, 2.75) is 25.4 Å². The van der Waals surface area contributed by atoms with E-state index in [0.29, 0.717) is 25.3 Å². The second-order valence-electron chi connectivity index (χ2n) is 5.39. The van der Waals surface area contributed by atoms with E-state index >= 15 is 0 Å². The maximum atomic E-state index is 12.6. The number of benzene rings is 1. The minimum atomic E-state index is -0.815. The molecule has 1 aromatic heterocycles. The van der Waals surface area contributed by atoms with Crippen LogP contribution in [-0.2, 0) is 17.9 Å². The van der Waals surface area contributed by atoms with Gasteiger partial charge in [0.2, 0.25) is 0 Å². The second-order valence-corrected chi connectivity index (χ2v) is 6.31. The maximum absolute atomic E-state index is 12.6. The van der Waals surface area contributed by atoms with Crippen LogP contribution in [0.4, 0.5) is 10.1 Å². The number of nitrogens with zero attached hydrogens (tertiary/aromatic N) is 4. The first kappa shape index (κ1) is 15.9. The van der Waals surface area contributed by atoms with Gasteiger partial charge in [0.25, 0.3) is 0 Å². The number of fused-ring (bicyclic) bond motifs is 1. The molecule has 23 heavy (non-hydrogen) atoms. The molecule has 0 spiro atoms. The topological polar surface area (TPSA) is 71.2 Å². The molecule has 0 radical (unpaired) electrons. The summed E-state index contributed by atoms with van der Waals surface area (Å²) in [6.45, 7) is 0.754. The zero-order chi connectivity index (χ0) is 16.4. The largest absolute Gasteiger partial charge is 0.481 e. The smallest absolute Gasteiger partial charge is 0.311 e. The zero-order valence-electron chi connectivity index (χ0n) is 12.3. The lowest BCUT2D eigenvalue weighted by molar-refractivity contribution is -0.139. The molecule has 8 heteroatoms. The Morgan fingerprint density at radius 3 is 3.04 bits per heavy atom. The van der Waals surface area contributed by atoms with Gasteiger partial charge in [-0.2, -0.15) is 5.10 Å². The summed E-state index contributed by atoms with van der Waals surface area (Å²) in [6, 6.07) is 5.65. The standard InChI is InChI=1S/C15H16BrFN4O2/c16-10-1-2-13-12(7-10)11(15(22)23)3-5-20(13)8-14-18-9-19-21(14)6-4-17/h1-2,7,9,11H,3-6,8H2,(H,22,23). The summed E-state index contributed by atoms with van der Waals surface area (Å²) < 4.78 is 15.0. The molecule has 0 fully saturated rings. The van der Waals surface area contributed by atoms with Crippen LogP contribution in [-0.4, -0.2) is 39.1 Å². The van der Waals surface area contributed by atoms with Gasteiger partial charge in [0.15, 0.2) is 0 Å². The van der Waals surface area contributed by atoms with Crippen molar-refractivity contribution in [3.63, 3.8) is 0 Å². The molecular weight excluding hydrogens is 367 g/mol. The molecule has 0 saturated heterocycles. The maximum Gasteiger partial charge on any atom is 0.311 e. The van der Waals surface area contributed by atoms with Gasteiger partial charge in [-0.05, 0) is 30.2 Å². The average Bonchev–Trinajstić information content (AvgIpc) is 2.94. The van der Waals surface area contributed by atoms with E-state index in [9.17, 15) is 14.3 Å². The monoisotopic (exact) mass is 382 g/mol. The van der Waals surface area contributed by atoms with Crippen LogP contribution in [0.15, 0.2) is 29.0 Å². The highest BCUT2D eigenvalue weighted by molar-refractivity contribution is 9.10. The summed E-state index contributed by atoms with van der Waals surface area (Å²) in [6.07, 6.45) is 1.94. The van der Waals surface area contributed by atoms with Gasteiger partial charge >= 0.3 is 5.97 Å². The Hall–Kier alpha value is -1.96. The lowest BCUT2D eigenvalue weighted by atomic mass is 9.90. The average molecular weight is 383 g/mol. The summed E-state index contributed by atoms with van der Waals surface area (Å²) in [5.74, 6) is -0.655. The summed E-state index contributed by atoms with van der Waals surface area (Å²) in [5.41, 5.74) is 1.66. The van der Waals surface area contributed by atoms with Crippen molar-refractivity contribution in [1.82, 2.24) is 14.8 Å². The number of aryl methyl sites for hydroxylation is 1. The molecule has 0 bridgehead atoms. The Morgan fingerprint density at radius 1 is 1.48 bits per heavy atom. The van der Waals surface area contributed by atoms with Gasteiger partial charge in [-0.15, -0.1) is 0 Å². The van der Waals surface area contributed by atoms with E-state index < -0.39 is 18.6 Å². The van der Waals surface area contributed by atoms with Crippen molar-refractivity contribution >= 4 is 27.6 Å². The first-order chi connectivity index (χ1) is 11.1. The van der Waals surface area contributed by atoms with Gasteiger partial charge < -0.3 is 10.0 Å². The fourth-order valence-corrected chi connectivity index (χ4v) is 3.30. The highest BCUT2D eigenvalue weighted by Crippen LogP contribution is 2.37. The summed E-state index contributed by atoms with van der Waals surface area (Å²) in [5, 5.41) is 13.5. The van der Waals surface area contributed by atoms with Gasteiger partial charge in [-0.3, -0.25) is 4.79 Å². The molecule has 0 amide bonds. The van der Waals surface area contributed by atoms with E-state index in [0.717, 1.165) is 15.7 Å². The normalized spacial score (nSPS) is 17.1. The fourth-order valence-electron chi connectivity index (χ4n) is 2.92. The minimum Gasteiger partial charge on any atom is -0.481 e. The van der Waals surface area contributed by atoms with Crippen LogP contribution in [0, 0.1) is 0 Å². The molecule has 1 aromatic carbocycles. The molecule has 1 aliphatic rings. The first-order valence-electron chi connectivity index (χ1n) is 7.30. The van der Waals surface area contributed by atoms with Crippen molar-refractivity contribution in [2.24, 2.45) is 0 Å². The molecule has 0 saturated carbocycles. The first-order valence-corrected chi connectivity index (χ1v) is 8.09.